The van der Waals surface area contributed by atoms with Crippen molar-refractivity contribution in [3.8, 4) is 0 Å². The number of rotatable bonds is 4. The highest BCUT2D eigenvalue weighted by molar-refractivity contribution is 6.30. The van der Waals surface area contributed by atoms with Gasteiger partial charge in [-0.1, -0.05) is 36.4 Å². The number of hydrogen-bond acceptors (Lipinski definition) is 6. The molecule has 28 heavy (non-hydrogen) atoms. The summed E-state index contributed by atoms with van der Waals surface area (Å²) < 4.78 is 10.2. The number of hydrogen-bond donors (Lipinski definition) is 1. The fourth-order valence-electron chi connectivity index (χ4n) is 3.43. The highest BCUT2D eigenvalue weighted by atomic mass is 16.6. The number of benzene rings is 2. The number of amides is 1. The van der Waals surface area contributed by atoms with Crippen LogP contribution in [-0.4, -0.2) is 42.8 Å². The molecule has 1 N–H and O–H groups in total. The van der Waals surface area contributed by atoms with Gasteiger partial charge in [-0.25, -0.2) is 4.79 Å². The minimum Gasteiger partial charge on any atom is -0.454 e. The second-order valence-corrected chi connectivity index (χ2v) is 6.59. The van der Waals surface area contributed by atoms with Gasteiger partial charge in [0.15, 0.2) is 24.3 Å². The third-order valence-corrected chi connectivity index (χ3v) is 4.76. The molecule has 1 atom stereocenters. The molecule has 1 amide bonds. The number of ether oxygens (including phenoxy) is 2. The average molecular weight is 379 g/mol. The normalized spacial score (nSPS) is 17.6. The van der Waals surface area contributed by atoms with Crippen LogP contribution >= 0.6 is 0 Å². The largest absolute Gasteiger partial charge is 0.454 e. The van der Waals surface area contributed by atoms with E-state index in [9.17, 15) is 19.2 Å². The van der Waals surface area contributed by atoms with E-state index in [1.807, 2.05) is 0 Å². The SMILES string of the molecule is O=C(COC(=O)[C@H]1CCCO1)Nc1cccc2c1C(=O)c1ccccc1C2=O. The summed E-state index contributed by atoms with van der Waals surface area (Å²) in [4.78, 5) is 49.7. The Morgan fingerprint density at radius 3 is 2.43 bits per heavy atom. The number of anilines is 1. The van der Waals surface area contributed by atoms with Crippen molar-refractivity contribution in [3.63, 3.8) is 0 Å². The Hall–Kier alpha value is -3.32. The Balaban J connectivity index is 1.52. The fourth-order valence-corrected chi connectivity index (χ4v) is 3.43. The monoisotopic (exact) mass is 379 g/mol. The summed E-state index contributed by atoms with van der Waals surface area (Å²) in [7, 11) is 0. The van der Waals surface area contributed by atoms with E-state index in [1.165, 1.54) is 6.07 Å². The van der Waals surface area contributed by atoms with E-state index in [1.54, 1.807) is 36.4 Å². The molecule has 142 valence electrons. The van der Waals surface area contributed by atoms with Crippen LogP contribution in [0.1, 0.15) is 44.7 Å². The maximum absolute atomic E-state index is 12.9. The molecule has 1 aliphatic heterocycles. The Labute approximate surface area is 160 Å². The molecule has 1 heterocycles. The third-order valence-electron chi connectivity index (χ3n) is 4.76. The first-order chi connectivity index (χ1) is 13.6. The Morgan fingerprint density at radius 2 is 1.71 bits per heavy atom. The lowest BCUT2D eigenvalue weighted by Crippen LogP contribution is -2.28. The van der Waals surface area contributed by atoms with E-state index in [0.717, 1.165) is 6.42 Å². The predicted octanol–water partition coefficient (Wildman–Crippen LogP) is 2.12. The maximum Gasteiger partial charge on any atom is 0.335 e. The summed E-state index contributed by atoms with van der Waals surface area (Å²) in [5, 5.41) is 2.57. The van der Waals surface area contributed by atoms with Gasteiger partial charge in [0, 0.05) is 23.3 Å². The molecule has 7 nitrogen and oxygen atoms in total. The van der Waals surface area contributed by atoms with Crippen molar-refractivity contribution in [2.75, 3.05) is 18.5 Å². The first kappa shape index (κ1) is 18.1. The van der Waals surface area contributed by atoms with E-state index in [4.69, 9.17) is 9.47 Å². The third kappa shape index (κ3) is 3.20. The maximum atomic E-state index is 12.9. The lowest BCUT2D eigenvalue weighted by atomic mass is 9.83. The lowest BCUT2D eigenvalue weighted by molar-refractivity contribution is -0.156. The minimum atomic E-state index is -0.631. The van der Waals surface area contributed by atoms with Crippen LogP contribution < -0.4 is 5.32 Å². The van der Waals surface area contributed by atoms with Crippen molar-refractivity contribution in [1.82, 2.24) is 0 Å². The van der Waals surface area contributed by atoms with Gasteiger partial charge in [-0.2, -0.15) is 0 Å². The average Bonchev–Trinajstić information content (AvgIpc) is 3.25. The van der Waals surface area contributed by atoms with Crippen molar-refractivity contribution in [2.24, 2.45) is 0 Å². The second kappa shape index (κ2) is 7.36. The molecule has 2 aromatic rings. The molecule has 4 rings (SSSR count). The number of carbonyl (C=O) groups is 4. The van der Waals surface area contributed by atoms with Gasteiger partial charge < -0.3 is 14.8 Å². The molecule has 7 heteroatoms. The molecule has 0 unspecified atom stereocenters. The minimum absolute atomic E-state index is 0.144. The molecule has 0 spiro atoms. The van der Waals surface area contributed by atoms with Crippen LogP contribution in [0.2, 0.25) is 0 Å². The first-order valence-electron chi connectivity index (χ1n) is 8.96. The van der Waals surface area contributed by atoms with Crippen LogP contribution in [0.25, 0.3) is 0 Å². The van der Waals surface area contributed by atoms with Gasteiger partial charge in [-0.05, 0) is 18.9 Å². The van der Waals surface area contributed by atoms with E-state index in [2.05, 4.69) is 5.32 Å². The fraction of sp³-hybridized carbons (Fsp3) is 0.238. The summed E-state index contributed by atoms with van der Waals surface area (Å²) >= 11 is 0. The Bertz CT molecular complexity index is 990. The van der Waals surface area contributed by atoms with Crippen LogP contribution in [0.5, 0.6) is 0 Å². The first-order valence-corrected chi connectivity index (χ1v) is 8.96. The van der Waals surface area contributed by atoms with Gasteiger partial charge in [-0.15, -0.1) is 0 Å². The van der Waals surface area contributed by atoms with E-state index in [0.29, 0.717) is 24.2 Å². The molecule has 0 saturated carbocycles. The van der Waals surface area contributed by atoms with Gasteiger partial charge >= 0.3 is 5.97 Å². The molecule has 1 aliphatic carbocycles. The van der Waals surface area contributed by atoms with Gasteiger partial charge in [0.05, 0.1) is 11.3 Å². The number of nitrogens with one attached hydrogen (secondary N) is 1. The second-order valence-electron chi connectivity index (χ2n) is 6.59. The number of ketones is 2. The van der Waals surface area contributed by atoms with Crippen LogP contribution in [0.3, 0.4) is 0 Å². The van der Waals surface area contributed by atoms with Crippen molar-refractivity contribution >= 4 is 29.1 Å². The van der Waals surface area contributed by atoms with E-state index < -0.39 is 24.6 Å². The van der Waals surface area contributed by atoms with Crippen molar-refractivity contribution in [1.29, 1.82) is 0 Å². The van der Waals surface area contributed by atoms with Crippen LogP contribution in [0.4, 0.5) is 5.69 Å². The van der Waals surface area contributed by atoms with Gasteiger partial charge in [0.25, 0.3) is 5.91 Å². The van der Waals surface area contributed by atoms with Gasteiger partial charge in [0.2, 0.25) is 0 Å². The van der Waals surface area contributed by atoms with Gasteiger partial charge in [0.1, 0.15) is 0 Å². The summed E-state index contributed by atoms with van der Waals surface area (Å²) in [6, 6.07) is 11.3. The summed E-state index contributed by atoms with van der Waals surface area (Å²) in [6.07, 6.45) is 0.718. The quantitative estimate of drug-likeness (QED) is 0.697. The molecular weight excluding hydrogens is 362 g/mol. The van der Waals surface area contributed by atoms with E-state index >= 15 is 0 Å². The predicted molar refractivity (Wildman–Crippen MR) is 98.3 cm³/mol. The van der Waals surface area contributed by atoms with E-state index in [-0.39, 0.29) is 28.4 Å². The smallest absolute Gasteiger partial charge is 0.335 e. The number of carbonyl (C=O) groups excluding carboxylic acids is 4. The highest BCUT2D eigenvalue weighted by Crippen LogP contribution is 2.31. The zero-order valence-corrected chi connectivity index (χ0v) is 14.9. The highest BCUT2D eigenvalue weighted by Gasteiger charge is 2.32. The molecule has 2 aromatic carbocycles. The molecule has 1 fully saturated rings. The standard InChI is InChI=1S/C21H17NO6/c23-17(11-28-21(26)16-9-4-10-27-16)22-15-8-3-7-14-18(15)20(25)13-6-2-1-5-12(13)19(14)24/h1-3,5-8,16H,4,9-11H2,(H,22,23)/t16-/m1/s1. The van der Waals surface area contributed by atoms with Crippen molar-refractivity contribution in [2.45, 2.75) is 18.9 Å². The van der Waals surface area contributed by atoms with Gasteiger partial charge in [-0.3, -0.25) is 14.4 Å². The van der Waals surface area contributed by atoms with Crippen LogP contribution in [0.15, 0.2) is 42.5 Å². The molecule has 1 saturated heterocycles. The zero-order valence-electron chi connectivity index (χ0n) is 14.9. The summed E-state index contributed by atoms with van der Waals surface area (Å²) in [5.74, 6) is -1.79. The topological polar surface area (TPSA) is 98.8 Å². The van der Waals surface area contributed by atoms with Crippen molar-refractivity contribution in [3.05, 3.63) is 64.7 Å². The molecule has 2 aliphatic rings. The lowest BCUT2D eigenvalue weighted by Gasteiger charge is -2.20. The molecule has 0 bridgehead atoms. The number of esters is 1. The van der Waals surface area contributed by atoms with Crippen LogP contribution in [0, 0.1) is 0 Å². The Kier molecular flexibility index (Phi) is 4.75. The summed E-state index contributed by atoms with van der Waals surface area (Å²) in [6.45, 7) is 0.000808. The zero-order chi connectivity index (χ0) is 19.7. The molecule has 0 radical (unpaired) electrons. The number of fused-ring (bicyclic) bond motifs is 2. The molecule has 0 aromatic heterocycles. The van der Waals surface area contributed by atoms with Crippen molar-refractivity contribution < 1.29 is 28.7 Å². The van der Waals surface area contributed by atoms with Crippen LogP contribution in [-0.2, 0) is 19.1 Å². The summed E-state index contributed by atoms with van der Waals surface area (Å²) in [5.41, 5.74) is 1.23. The molecular formula is C21H17NO6. The Morgan fingerprint density at radius 1 is 1.00 bits per heavy atom.